The topological polar surface area (TPSA) is 41.1 Å². The van der Waals surface area contributed by atoms with Crippen LogP contribution in [0.2, 0.25) is 0 Å². The summed E-state index contributed by atoms with van der Waals surface area (Å²) in [6, 6.07) is 3.67. The van der Waals surface area contributed by atoms with Crippen LogP contribution in [0.25, 0.3) is 0 Å². The molecule has 1 aliphatic carbocycles. The maximum absolute atomic E-state index is 13.1. The molecule has 3 nitrogen and oxygen atoms in total. The van der Waals surface area contributed by atoms with Gasteiger partial charge in [0.05, 0.1) is 16.8 Å². The fourth-order valence-electron chi connectivity index (χ4n) is 2.52. The van der Waals surface area contributed by atoms with Crippen molar-refractivity contribution >= 4 is 11.6 Å². The highest BCUT2D eigenvalue weighted by atomic mass is 19.4. The molecule has 0 saturated heterocycles. The van der Waals surface area contributed by atoms with Crippen LogP contribution in [-0.4, -0.2) is 18.0 Å². The van der Waals surface area contributed by atoms with Crippen LogP contribution in [0.15, 0.2) is 18.2 Å². The van der Waals surface area contributed by atoms with Crippen LogP contribution in [-0.2, 0) is 6.18 Å². The number of alkyl halides is 3. The predicted molar refractivity (Wildman–Crippen MR) is 75.3 cm³/mol. The molecule has 0 spiro atoms. The minimum atomic E-state index is -4.49. The minimum Gasteiger partial charge on any atom is -0.384 e. The van der Waals surface area contributed by atoms with E-state index in [2.05, 4.69) is 10.6 Å². The van der Waals surface area contributed by atoms with Gasteiger partial charge in [-0.3, -0.25) is 4.79 Å². The number of halogens is 3. The van der Waals surface area contributed by atoms with Gasteiger partial charge in [0.1, 0.15) is 0 Å². The number of anilines is 1. The molecule has 0 bridgehead atoms. The Bertz CT molecular complexity index is 536. The van der Waals surface area contributed by atoms with Gasteiger partial charge in [0, 0.05) is 12.1 Å². The molecule has 2 N–H and O–H groups in total. The largest absolute Gasteiger partial charge is 0.418 e. The first-order valence-electron chi connectivity index (χ1n) is 7.03. The minimum absolute atomic E-state index is 0.0415. The van der Waals surface area contributed by atoms with E-state index >= 15 is 0 Å². The molecule has 0 aliphatic heterocycles. The fourth-order valence-corrected chi connectivity index (χ4v) is 2.52. The zero-order valence-electron chi connectivity index (χ0n) is 12.1. The summed E-state index contributed by atoms with van der Waals surface area (Å²) < 4.78 is 39.2. The monoisotopic (exact) mass is 300 g/mol. The van der Waals surface area contributed by atoms with Crippen molar-refractivity contribution in [2.24, 2.45) is 0 Å². The molecule has 1 aliphatic rings. The van der Waals surface area contributed by atoms with Crippen LogP contribution >= 0.6 is 0 Å². The van der Waals surface area contributed by atoms with Crippen molar-refractivity contribution in [3.05, 3.63) is 29.3 Å². The molecule has 1 aromatic rings. The number of benzene rings is 1. The van der Waals surface area contributed by atoms with Crippen LogP contribution in [0.5, 0.6) is 0 Å². The number of nitrogens with one attached hydrogen (secondary N) is 2. The molecule has 2 rings (SSSR count). The summed E-state index contributed by atoms with van der Waals surface area (Å²) in [5.74, 6) is -0.459. The lowest BCUT2D eigenvalue weighted by Gasteiger charge is -2.39. The number of amides is 1. The first-order valence-corrected chi connectivity index (χ1v) is 7.03. The Hall–Kier alpha value is -1.72. The summed E-state index contributed by atoms with van der Waals surface area (Å²) in [4.78, 5) is 12.3. The Morgan fingerprint density at radius 2 is 2.00 bits per heavy atom. The normalized spacial score (nSPS) is 17.0. The molecule has 1 amide bonds. The molecular formula is C15H19F3N2O. The van der Waals surface area contributed by atoms with Crippen molar-refractivity contribution in [1.29, 1.82) is 0 Å². The summed E-state index contributed by atoms with van der Waals surface area (Å²) in [5.41, 5.74) is -1.21. The molecule has 0 radical (unpaired) electrons. The zero-order valence-corrected chi connectivity index (χ0v) is 12.1. The fraction of sp³-hybridized carbons (Fsp3) is 0.533. The molecule has 6 heteroatoms. The lowest BCUT2D eigenvalue weighted by atomic mass is 9.78. The van der Waals surface area contributed by atoms with E-state index in [4.69, 9.17) is 0 Å². The highest BCUT2D eigenvalue weighted by Gasteiger charge is 2.37. The van der Waals surface area contributed by atoms with Gasteiger partial charge in [-0.1, -0.05) is 6.07 Å². The van der Waals surface area contributed by atoms with Crippen LogP contribution < -0.4 is 10.6 Å². The summed E-state index contributed by atoms with van der Waals surface area (Å²) in [6.45, 7) is 3.92. The number of carbonyl (C=O) groups is 1. The number of carbonyl (C=O) groups excluding carboxylic acids is 1. The van der Waals surface area contributed by atoms with Gasteiger partial charge in [-0.15, -0.1) is 0 Å². The van der Waals surface area contributed by atoms with Gasteiger partial charge in [0.25, 0.3) is 5.91 Å². The smallest absolute Gasteiger partial charge is 0.384 e. The lowest BCUT2D eigenvalue weighted by molar-refractivity contribution is -0.137. The Balaban J connectivity index is 2.35. The van der Waals surface area contributed by atoms with Gasteiger partial charge >= 0.3 is 6.18 Å². The number of rotatable bonds is 4. The summed E-state index contributed by atoms with van der Waals surface area (Å²) >= 11 is 0. The van der Waals surface area contributed by atoms with Crippen molar-refractivity contribution in [2.75, 3.05) is 11.9 Å². The van der Waals surface area contributed by atoms with E-state index in [1.54, 1.807) is 6.92 Å². The molecule has 1 aromatic carbocycles. The van der Waals surface area contributed by atoms with Crippen molar-refractivity contribution < 1.29 is 18.0 Å². The molecule has 0 atom stereocenters. The second kappa shape index (κ2) is 5.58. The van der Waals surface area contributed by atoms with E-state index < -0.39 is 17.6 Å². The third-order valence-corrected chi connectivity index (χ3v) is 3.84. The first kappa shape index (κ1) is 15.7. The lowest BCUT2D eigenvalue weighted by Crippen LogP contribution is -2.51. The standard InChI is InChI=1S/C15H19F3N2O/c1-3-19-12-10(6-4-7-11(12)15(16,17)18)13(21)20-14(2)8-5-9-14/h4,6-7,19H,3,5,8-9H2,1-2H3,(H,20,21). The first-order chi connectivity index (χ1) is 9.77. The second-order valence-corrected chi connectivity index (χ2v) is 5.62. The molecule has 116 valence electrons. The Morgan fingerprint density at radius 3 is 2.48 bits per heavy atom. The van der Waals surface area contributed by atoms with Crippen molar-refractivity contribution in [3.63, 3.8) is 0 Å². The molecular weight excluding hydrogens is 281 g/mol. The highest BCUT2D eigenvalue weighted by molar-refractivity contribution is 6.00. The van der Waals surface area contributed by atoms with Gasteiger partial charge in [-0.05, 0) is 45.2 Å². The van der Waals surface area contributed by atoms with E-state index in [1.165, 1.54) is 12.1 Å². The molecule has 1 fully saturated rings. The van der Waals surface area contributed by atoms with E-state index in [9.17, 15) is 18.0 Å². The Kier molecular flexibility index (Phi) is 4.16. The molecule has 21 heavy (non-hydrogen) atoms. The molecule has 0 aromatic heterocycles. The van der Waals surface area contributed by atoms with Crippen LogP contribution in [0.3, 0.4) is 0 Å². The Morgan fingerprint density at radius 1 is 1.33 bits per heavy atom. The maximum Gasteiger partial charge on any atom is 0.418 e. The van der Waals surface area contributed by atoms with Crippen LogP contribution in [0.4, 0.5) is 18.9 Å². The average molecular weight is 300 g/mol. The number of hydrogen-bond donors (Lipinski definition) is 2. The van der Waals surface area contributed by atoms with Gasteiger partial charge in [0.15, 0.2) is 0 Å². The highest BCUT2D eigenvalue weighted by Crippen LogP contribution is 2.37. The summed E-state index contributed by atoms with van der Waals surface area (Å²) in [7, 11) is 0. The Labute approximate surface area is 121 Å². The molecule has 1 saturated carbocycles. The van der Waals surface area contributed by atoms with Crippen molar-refractivity contribution in [3.8, 4) is 0 Å². The van der Waals surface area contributed by atoms with Crippen LogP contribution in [0, 0.1) is 0 Å². The van der Waals surface area contributed by atoms with Gasteiger partial charge in [-0.25, -0.2) is 0 Å². The third-order valence-electron chi connectivity index (χ3n) is 3.84. The van der Waals surface area contributed by atoms with Gasteiger partial charge in [-0.2, -0.15) is 13.2 Å². The van der Waals surface area contributed by atoms with Crippen molar-refractivity contribution in [1.82, 2.24) is 5.32 Å². The summed E-state index contributed by atoms with van der Waals surface area (Å²) in [5, 5.41) is 5.51. The van der Waals surface area contributed by atoms with Crippen LogP contribution in [0.1, 0.15) is 49.0 Å². The SMILES string of the molecule is CCNc1c(C(=O)NC2(C)CCC2)cccc1C(F)(F)F. The van der Waals surface area contributed by atoms with Gasteiger partial charge < -0.3 is 10.6 Å². The van der Waals surface area contributed by atoms with E-state index in [1.807, 2.05) is 6.92 Å². The summed E-state index contributed by atoms with van der Waals surface area (Å²) in [6.07, 6.45) is -1.75. The van der Waals surface area contributed by atoms with Crippen molar-refractivity contribution in [2.45, 2.75) is 44.8 Å². The van der Waals surface area contributed by atoms with E-state index in [0.717, 1.165) is 25.3 Å². The van der Waals surface area contributed by atoms with E-state index in [-0.39, 0.29) is 16.8 Å². The predicted octanol–water partition coefficient (Wildman–Crippen LogP) is 3.81. The van der Waals surface area contributed by atoms with Gasteiger partial charge in [0.2, 0.25) is 0 Å². The third kappa shape index (κ3) is 3.31. The zero-order chi connectivity index (χ0) is 15.7. The molecule has 0 heterocycles. The number of para-hydroxylation sites is 1. The van der Waals surface area contributed by atoms with E-state index in [0.29, 0.717) is 6.54 Å². The average Bonchev–Trinajstić information content (AvgIpc) is 2.36. The maximum atomic E-state index is 13.1. The molecule has 0 unspecified atom stereocenters. The second-order valence-electron chi connectivity index (χ2n) is 5.62. The number of hydrogen-bond acceptors (Lipinski definition) is 2. The quantitative estimate of drug-likeness (QED) is 0.888.